The second kappa shape index (κ2) is 8.49. The number of nitrogens with two attached hydrogens (primary N) is 1. The molecule has 1 fully saturated rings. The molecule has 0 aliphatic heterocycles. The Morgan fingerprint density at radius 1 is 1.18 bits per heavy atom. The van der Waals surface area contributed by atoms with Crippen LogP contribution in [-0.4, -0.2) is 32.5 Å². The summed E-state index contributed by atoms with van der Waals surface area (Å²) in [5.41, 5.74) is 9.17. The summed E-state index contributed by atoms with van der Waals surface area (Å²) in [6, 6.07) is 10.0. The molecule has 34 heavy (non-hydrogen) atoms. The van der Waals surface area contributed by atoms with Gasteiger partial charge in [-0.15, -0.1) is 0 Å². The Hall–Kier alpha value is -4.43. The van der Waals surface area contributed by atoms with Crippen LogP contribution in [0.3, 0.4) is 0 Å². The fourth-order valence-electron chi connectivity index (χ4n) is 4.23. The van der Waals surface area contributed by atoms with Crippen molar-refractivity contribution in [3.05, 3.63) is 59.8 Å². The summed E-state index contributed by atoms with van der Waals surface area (Å²) < 4.78 is 2.05. The normalized spacial score (nSPS) is 13.8. The average molecular weight is 450 g/mol. The molecule has 1 aliphatic carbocycles. The molecule has 3 aromatic heterocycles. The third-order valence-electron chi connectivity index (χ3n) is 6.37. The zero-order valence-electron chi connectivity index (χ0n) is 18.8. The van der Waals surface area contributed by atoms with Gasteiger partial charge in [-0.05, 0) is 43.5 Å². The summed E-state index contributed by atoms with van der Waals surface area (Å²) in [4.78, 5) is 25.5. The SMILES string of the molecule is CNc1ncc(C#Cc2ccc3ncn(CCCC#N)c3c2)c2cc(C3(C(N)=O)CC3)ncc12. The Bertz CT molecular complexity index is 1530. The maximum Gasteiger partial charge on any atom is 0.229 e. The second-order valence-electron chi connectivity index (χ2n) is 8.49. The van der Waals surface area contributed by atoms with E-state index in [1.54, 1.807) is 18.7 Å². The molecule has 0 atom stereocenters. The maximum absolute atomic E-state index is 12.0. The minimum atomic E-state index is -0.670. The Morgan fingerprint density at radius 2 is 2.03 bits per heavy atom. The number of fused-ring (bicyclic) bond motifs is 2. The number of anilines is 1. The van der Waals surface area contributed by atoms with Gasteiger partial charge in [-0.1, -0.05) is 11.8 Å². The first-order chi connectivity index (χ1) is 16.6. The van der Waals surface area contributed by atoms with Gasteiger partial charge in [0, 0.05) is 48.7 Å². The van der Waals surface area contributed by atoms with E-state index in [0.717, 1.165) is 45.9 Å². The highest BCUT2D eigenvalue weighted by Gasteiger charge is 2.51. The topological polar surface area (TPSA) is 123 Å². The lowest BCUT2D eigenvalue weighted by molar-refractivity contribution is -0.120. The molecule has 0 unspecified atom stereocenters. The average Bonchev–Trinajstić information content (AvgIpc) is 3.58. The highest BCUT2D eigenvalue weighted by Crippen LogP contribution is 2.47. The lowest BCUT2D eigenvalue weighted by Gasteiger charge is -2.13. The van der Waals surface area contributed by atoms with E-state index in [1.807, 2.05) is 35.9 Å². The standard InChI is InChI=1S/C26H23N7O/c1-29-24-20-15-30-23(26(8-9-26)25(28)34)13-19(20)18(14-31-24)6-4-17-5-7-21-22(12-17)33(16-32-21)11-3-2-10-27/h5,7,12-16H,2-3,8-9,11H2,1H3,(H2,28,34)(H,29,31). The number of aryl methyl sites for hydroxylation is 1. The number of aromatic nitrogens is 4. The predicted molar refractivity (Wildman–Crippen MR) is 130 cm³/mol. The number of primary amides is 1. The van der Waals surface area contributed by atoms with Gasteiger partial charge in [-0.2, -0.15) is 5.26 Å². The minimum absolute atomic E-state index is 0.338. The summed E-state index contributed by atoms with van der Waals surface area (Å²) in [7, 11) is 1.81. The van der Waals surface area contributed by atoms with Crippen molar-refractivity contribution in [2.24, 2.45) is 5.73 Å². The number of nitrogens with zero attached hydrogens (tertiary/aromatic N) is 5. The molecule has 0 radical (unpaired) electrons. The number of unbranched alkanes of at least 4 members (excludes halogenated alkanes) is 1. The van der Waals surface area contributed by atoms with Crippen molar-refractivity contribution in [1.82, 2.24) is 19.5 Å². The van der Waals surface area contributed by atoms with Crippen LogP contribution in [0.25, 0.3) is 21.8 Å². The number of benzene rings is 1. The van der Waals surface area contributed by atoms with Gasteiger partial charge < -0.3 is 15.6 Å². The van der Waals surface area contributed by atoms with E-state index < -0.39 is 5.41 Å². The molecule has 3 N–H and O–H groups in total. The number of rotatable bonds is 6. The fraction of sp³-hybridized carbons (Fsp3) is 0.269. The quantitative estimate of drug-likeness (QED) is 0.344. The van der Waals surface area contributed by atoms with Gasteiger partial charge in [0.2, 0.25) is 5.91 Å². The second-order valence-corrected chi connectivity index (χ2v) is 8.49. The molecule has 0 bridgehead atoms. The summed E-state index contributed by atoms with van der Waals surface area (Å²) in [5, 5.41) is 13.6. The smallest absolute Gasteiger partial charge is 0.229 e. The summed E-state index contributed by atoms with van der Waals surface area (Å²) in [6.45, 7) is 0.734. The first kappa shape index (κ1) is 21.4. The summed E-state index contributed by atoms with van der Waals surface area (Å²) >= 11 is 0. The van der Waals surface area contributed by atoms with Crippen molar-refractivity contribution in [2.75, 3.05) is 12.4 Å². The van der Waals surface area contributed by atoms with Crippen LogP contribution in [0.1, 0.15) is 42.5 Å². The van der Waals surface area contributed by atoms with E-state index in [0.29, 0.717) is 30.8 Å². The van der Waals surface area contributed by atoms with Gasteiger partial charge >= 0.3 is 0 Å². The molecule has 0 spiro atoms. The van der Waals surface area contributed by atoms with E-state index >= 15 is 0 Å². The lowest BCUT2D eigenvalue weighted by atomic mass is 9.98. The van der Waals surface area contributed by atoms with Crippen LogP contribution in [0, 0.1) is 23.2 Å². The van der Waals surface area contributed by atoms with E-state index in [-0.39, 0.29) is 5.91 Å². The molecule has 1 amide bonds. The number of carbonyl (C=O) groups is 1. The molecular formula is C26H23N7O. The van der Waals surface area contributed by atoms with Crippen LogP contribution in [-0.2, 0) is 16.8 Å². The molecule has 5 rings (SSSR count). The number of hydrogen-bond acceptors (Lipinski definition) is 6. The molecule has 1 aromatic carbocycles. The highest BCUT2D eigenvalue weighted by atomic mass is 16.1. The first-order valence-electron chi connectivity index (χ1n) is 11.2. The molecule has 8 heteroatoms. The Kier molecular flexibility index (Phi) is 5.35. The van der Waals surface area contributed by atoms with Crippen molar-refractivity contribution >= 4 is 33.5 Å². The summed E-state index contributed by atoms with van der Waals surface area (Å²) in [6.07, 6.45) is 7.99. The largest absolute Gasteiger partial charge is 0.373 e. The Morgan fingerprint density at radius 3 is 2.76 bits per heavy atom. The zero-order chi connectivity index (χ0) is 23.7. The van der Waals surface area contributed by atoms with Crippen molar-refractivity contribution in [3.63, 3.8) is 0 Å². The van der Waals surface area contributed by atoms with Gasteiger partial charge in [0.15, 0.2) is 0 Å². The predicted octanol–water partition coefficient (Wildman–Crippen LogP) is 3.24. The first-order valence-corrected chi connectivity index (χ1v) is 11.2. The molecule has 4 aromatic rings. The van der Waals surface area contributed by atoms with Gasteiger partial charge in [0.05, 0.1) is 40.1 Å². The number of carbonyl (C=O) groups excluding carboxylic acids is 1. The minimum Gasteiger partial charge on any atom is -0.373 e. The molecule has 168 valence electrons. The third-order valence-corrected chi connectivity index (χ3v) is 6.37. The molecule has 0 saturated heterocycles. The van der Waals surface area contributed by atoms with Crippen LogP contribution in [0.4, 0.5) is 5.82 Å². The van der Waals surface area contributed by atoms with Crippen LogP contribution in [0.5, 0.6) is 0 Å². The number of amides is 1. The number of imidazole rings is 1. The molecular weight excluding hydrogens is 426 g/mol. The van der Waals surface area contributed by atoms with Gasteiger partial charge in [0.1, 0.15) is 5.82 Å². The zero-order valence-corrected chi connectivity index (χ0v) is 18.8. The Labute approximate surface area is 196 Å². The lowest BCUT2D eigenvalue weighted by Crippen LogP contribution is -2.29. The number of nitrogens with one attached hydrogen (secondary N) is 1. The van der Waals surface area contributed by atoms with E-state index in [9.17, 15) is 4.79 Å². The molecule has 8 nitrogen and oxygen atoms in total. The van der Waals surface area contributed by atoms with E-state index in [2.05, 4.69) is 38.2 Å². The van der Waals surface area contributed by atoms with Gasteiger partial charge in [-0.25, -0.2) is 9.97 Å². The van der Waals surface area contributed by atoms with Crippen molar-refractivity contribution in [3.8, 4) is 17.9 Å². The fourth-order valence-corrected chi connectivity index (χ4v) is 4.23. The molecule has 1 saturated carbocycles. The number of pyridine rings is 2. The summed E-state index contributed by atoms with van der Waals surface area (Å²) in [5.74, 6) is 6.86. The van der Waals surface area contributed by atoms with Crippen LogP contribution in [0.2, 0.25) is 0 Å². The van der Waals surface area contributed by atoms with Crippen molar-refractivity contribution < 1.29 is 4.79 Å². The molecule has 3 heterocycles. The van der Waals surface area contributed by atoms with Gasteiger partial charge in [0.25, 0.3) is 0 Å². The highest BCUT2D eigenvalue weighted by molar-refractivity contribution is 5.97. The van der Waals surface area contributed by atoms with E-state index in [1.165, 1.54) is 0 Å². The number of nitriles is 1. The Balaban J connectivity index is 1.55. The van der Waals surface area contributed by atoms with Crippen molar-refractivity contribution in [2.45, 2.75) is 37.6 Å². The van der Waals surface area contributed by atoms with Crippen LogP contribution < -0.4 is 11.1 Å². The monoisotopic (exact) mass is 449 g/mol. The van der Waals surface area contributed by atoms with Gasteiger partial charge in [-0.3, -0.25) is 9.78 Å². The van der Waals surface area contributed by atoms with E-state index in [4.69, 9.17) is 11.0 Å². The van der Waals surface area contributed by atoms with Crippen molar-refractivity contribution in [1.29, 1.82) is 5.26 Å². The number of hydrogen-bond donors (Lipinski definition) is 2. The molecule has 1 aliphatic rings. The third kappa shape index (κ3) is 3.70. The van der Waals surface area contributed by atoms with Crippen LogP contribution >= 0.6 is 0 Å². The maximum atomic E-state index is 12.0. The van der Waals surface area contributed by atoms with Crippen LogP contribution in [0.15, 0.2) is 43.0 Å².